The summed E-state index contributed by atoms with van der Waals surface area (Å²) < 4.78 is 19.4. The fraction of sp³-hybridized carbons (Fsp3) is 0.364. The largest absolute Gasteiger partial charge is 0.494 e. The maximum Gasteiger partial charge on any atom is 0.233 e. The van der Waals surface area contributed by atoms with Gasteiger partial charge in [-0.15, -0.1) is 12.4 Å². The summed E-state index contributed by atoms with van der Waals surface area (Å²) >= 11 is 7.74. The first-order chi connectivity index (χ1) is 14.5. The van der Waals surface area contributed by atoms with E-state index in [9.17, 15) is 9.18 Å². The minimum absolute atomic E-state index is 0. The fourth-order valence-electron chi connectivity index (χ4n) is 3.20. The van der Waals surface area contributed by atoms with E-state index < -0.39 is 0 Å². The average Bonchev–Trinajstić information content (AvgIpc) is 3.19. The fourth-order valence-corrected chi connectivity index (χ4v) is 4.50. The Morgan fingerprint density at radius 2 is 1.81 bits per heavy atom. The Labute approximate surface area is 197 Å². The van der Waals surface area contributed by atoms with E-state index in [4.69, 9.17) is 16.3 Å². The van der Waals surface area contributed by atoms with Crippen molar-refractivity contribution in [1.82, 2.24) is 9.88 Å². The van der Waals surface area contributed by atoms with Gasteiger partial charge in [0, 0.05) is 13.1 Å². The minimum atomic E-state index is -0.322. The number of thiazole rings is 1. The molecule has 0 aliphatic heterocycles. The molecule has 0 radical (unpaired) electrons. The summed E-state index contributed by atoms with van der Waals surface area (Å²) in [6.45, 7) is 7.21. The molecule has 3 rings (SSSR count). The van der Waals surface area contributed by atoms with Crippen molar-refractivity contribution < 1.29 is 13.9 Å². The number of carbonyl (C=O) groups is 1. The first-order valence-electron chi connectivity index (χ1n) is 9.87. The van der Waals surface area contributed by atoms with E-state index in [1.54, 1.807) is 36.3 Å². The van der Waals surface area contributed by atoms with Gasteiger partial charge in [0.1, 0.15) is 17.1 Å². The molecule has 2 aromatic carbocycles. The molecule has 31 heavy (non-hydrogen) atoms. The smallest absolute Gasteiger partial charge is 0.233 e. The second-order valence-electron chi connectivity index (χ2n) is 6.80. The van der Waals surface area contributed by atoms with Gasteiger partial charge in [0.2, 0.25) is 5.91 Å². The molecule has 0 aliphatic carbocycles. The molecule has 0 fully saturated rings. The molecular weight excluding hydrogens is 460 g/mol. The van der Waals surface area contributed by atoms with Crippen molar-refractivity contribution in [3.8, 4) is 5.75 Å². The summed E-state index contributed by atoms with van der Waals surface area (Å²) in [6.07, 6.45) is 0.166. The van der Waals surface area contributed by atoms with E-state index in [1.807, 2.05) is 0 Å². The Morgan fingerprint density at radius 1 is 1.13 bits per heavy atom. The number of rotatable bonds is 9. The SMILES string of the molecule is CCN(CC)CCN(C(=O)Cc1ccc(F)cc1)c1nc2c(OC)ccc(Cl)c2s1.Cl. The molecule has 0 spiro atoms. The molecule has 0 N–H and O–H groups in total. The summed E-state index contributed by atoms with van der Waals surface area (Å²) in [4.78, 5) is 21.9. The predicted molar refractivity (Wildman–Crippen MR) is 129 cm³/mol. The van der Waals surface area contributed by atoms with Crippen LogP contribution < -0.4 is 9.64 Å². The quantitative estimate of drug-likeness (QED) is 0.404. The Kier molecular flexibility index (Phi) is 9.50. The van der Waals surface area contributed by atoms with Crippen LogP contribution in [0.3, 0.4) is 0 Å². The van der Waals surface area contributed by atoms with Crippen LogP contribution in [0.1, 0.15) is 19.4 Å². The van der Waals surface area contributed by atoms with Crippen LogP contribution in [0.5, 0.6) is 5.75 Å². The molecule has 0 saturated carbocycles. The van der Waals surface area contributed by atoms with E-state index in [0.717, 1.165) is 29.9 Å². The van der Waals surface area contributed by atoms with Crippen LogP contribution in [-0.2, 0) is 11.2 Å². The van der Waals surface area contributed by atoms with Crippen LogP contribution in [0.25, 0.3) is 10.2 Å². The van der Waals surface area contributed by atoms with Crippen LogP contribution in [-0.4, -0.2) is 49.1 Å². The second kappa shape index (κ2) is 11.6. The van der Waals surface area contributed by atoms with E-state index in [-0.39, 0.29) is 30.6 Å². The lowest BCUT2D eigenvalue weighted by atomic mass is 10.1. The summed E-state index contributed by atoms with van der Waals surface area (Å²) in [5.74, 6) is 0.201. The maximum atomic E-state index is 13.2. The number of amides is 1. The van der Waals surface area contributed by atoms with Crippen LogP contribution in [0.15, 0.2) is 36.4 Å². The molecule has 1 heterocycles. The van der Waals surface area contributed by atoms with Gasteiger partial charge in [0.05, 0.1) is 23.3 Å². The van der Waals surface area contributed by atoms with Crippen LogP contribution >= 0.6 is 35.3 Å². The van der Waals surface area contributed by atoms with Gasteiger partial charge in [0.15, 0.2) is 5.13 Å². The van der Waals surface area contributed by atoms with Crippen LogP contribution in [0.4, 0.5) is 9.52 Å². The number of methoxy groups -OCH3 is 1. The average molecular weight is 486 g/mol. The van der Waals surface area contributed by atoms with Gasteiger partial charge in [-0.3, -0.25) is 9.69 Å². The number of halogens is 3. The number of hydrogen-bond donors (Lipinski definition) is 0. The third-order valence-corrected chi connectivity index (χ3v) is 6.54. The van der Waals surface area contributed by atoms with Crippen LogP contribution in [0.2, 0.25) is 5.02 Å². The molecular formula is C22H26Cl2FN3O2S. The molecule has 0 bridgehead atoms. The number of aromatic nitrogens is 1. The summed E-state index contributed by atoms with van der Waals surface area (Å²) in [5, 5.41) is 1.15. The van der Waals surface area contributed by atoms with Crippen molar-refractivity contribution in [2.45, 2.75) is 20.3 Å². The molecule has 0 saturated heterocycles. The van der Waals surface area contributed by atoms with Crippen molar-refractivity contribution in [2.75, 3.05) is 38.2 Å². The van der Waals surface area contributed by atoms with Crippen molar-refractivity contribution in [2.24, 2.45) is 0 Å². The third kappa shape index (κ3) is 6.07. The Morgan fingerprint density at radius 3 is 2.42 bits per heavy atom. The third-order valence-electron chi connectivity index (χ3n) is 5.00. The first-order valence-corrected chi connectivity index (χ1v) is 11.1. The number of benzene rings is 2. The van der Waals surface area contributed by atoms with Gasteiger partial charge in [-0.2, -0.15) is 0 Å². The molecule has 1 aromatic heterocycles. The zero-order chi connectivity index (χ0) is 21.7. The lowest BCUT2D eigenvalue weighted by Crippen LogP contribution is -2.39. The number of likely N-dealkylation sites (N-methyl/N-ethyl adjacent to an activating group) is 1. The van der Waals surface area contributed by atoms with E-state index in [0.29, 0.717) is 28.0 Å². The van der Waals surface area contributed by atoms with Crippen molar-refractivity contribution in [1.29, 1.82) is 0 Å². The predicted octanol–water partition coefficient (Wildman–Crippen LogP) is 5.44. The van der Waals surface area contributed by atoms with Crippen LogP contribution in [0, 0.1) is 5.82 Å². The van der Waals surface area contributed by atoms with Gasteiger partial charge >= 0.3 is 0 Å². The maximum absolute atomic E-state index is 13.2. The Balaban J connectivity index is 0.00000341. The normalized spacial score (nSPS) is 10.9. The Hall–Kier alpha value is -1.93. The van der Waals surface area contributed by atoms with Gasteiger partial charge in [0.25, 0.3) is 0 Å². The first kappa shape index (κ1) is 25.3. The lowest BCUT2D eigenvalue weighted by molar-refractivity contribution is -0.118. The second-order valence-corrected chi connectivity index (χ2v) is 8.18. The number of fused-ring (bicyclic) bond motifs is 1. The highest BCUT2D eigenvalue weighted by molar-refractivity contribution is 7.23. The van der Waals surface area contributed by atoms with Gasteiger partial charge in [-0.1, -0.05) is 48.9 Å². The molecule has 5 nitrogen and oxygen atoms in total. The van der Waals surface area contributed by atoms with E-state index >= 15 is 0 Å². The number of ether oxygens (including phenoxy) is 1. The van der Waals surface area contributed by atoms with Gasteiger partial charge in [-0.05, 0) is 42.9 Å². The highest BCUT2D eigenvalue weighted by Gasteiger charge is 2.22. The number of anilines is 1. The van der Waals surface area contributed by atoms with Crippen molar-refractivity contribution in [3.05, 3.63) is 52.8 Å². The Bertz CT molecular complexity index is 1010. The molecule has 9 heteroatoms. The number of nitrogens with zero attached hydrogens (tertiary/aromatic N) is 3. The molecule has 168 valence electrons. The summed E-state index contributed by atoms with van der Waals surface area (Å²) in [6, 6.07) is 9.54. The van der Waals surface area contributed by atoms with Crippen molar-refractivity contribution in [3.63, 3.8) is 0 Å². The summed E-state index contributed by atoms with van der Waals surface area (Å²) in [5.41, 5.74) is 1.40. The zero-order valence-electron chi connectivity index (χ0n) is 17.7. The number of hydrogen-bond acceptors (Lipinski definition) is 5. The van der Waals surface area contributed by atoms with Crippen molar-refractivity contribution >= 4 is 56.6 Å². The molecule has 0 unspecified atom stereocenters. The van der Waals surface area contributed by atoms with Gasteiger partial charge in [-0.25, -0.2) is 9.37 Å². The molecule has 3 aromatic rings. The monoisotopic (exact) mass is 485 g/mol. The van der Waals surface area contributed by atoms with E-state index in [1.165, 1.54) is 23.5 Å². The molecule has 0 aliphatic rings. The highest BCUT2D eigenvalue weighted by Crippen LogP contribution is 2.38. The lowest BCUT2D eigenvalue weighted by Gasteiger charge is -2.24. The molecule has 1 amide bonds. The van der Waals surface area contributed by atoms with Gasteiger partial charge < -0.3 is 9.64 Å². The zero-order valence-corrected chi connectivity index (χ0v) is 20.1. The minimum Gasteiger partial charge on any atom is -0.494 e. The summed E-state index contributed by atoms with van der Waals surface area (Å²) in [7, 11) is 1.58. The topological polar surface area (TPSA) is 45.7 Å². The van der Waals surface area contributed by atoms with E-state index in [2.05, 4.69) is 23.7 Å². The molecule has 0 atom stereocenters. The highest BCUT2D eigenvalue weighted by atomic mass is 35.5. The standard InChI is InChI=1S/C22H25ClFN3O2S.ClH/c1-4-26(5-2)12-13-27(19(28)14-15-6-8-16(24)9-7-15)22-25-20-18(29-3)11-10-17(23)21(20)30-22;/h6-11H,4-5,12-14H2,1-3H3;1H. The number of carbonyl (C=O) groups excluding carboxylic acids is 1.